The molecule has 0 saturated heterocycles. The van der Waals surface area contributed by atoms with E-state index in [-0.39, 0.29) is 12.1 Å². The van der Waals surface area contributed by atoms with E-state index < -0.39 is 0 Å². The molecule has 5 nitrogen and oxygen atoms in total. The fraction of sp³-hybridized carbons (Fsp3) is 0.467. The maximum atomic E-state index is 6.19. The Hall–Kier alpha value is -1.53. The van der Waals surface area contributed by atoms with Crippen LogP contribution in [0.1, 0.15) is 25.1 Å². The lowest BCUT2D eigenvalue weighted by molar-refractivity contribution is 0.166. The summed E-state index contributed by atoms with van der Waals surface area (Å²) in [7, 11) is 1.96. The first-order valence-corrected chi connectivity index (χ1v) is 8.26. The number of thioether (sulfide) groups is 1. The number of rotatable bonds is 5. The van der Waals surface area contributed by atoms with Gasteiger partial charge in [0.2, 0.25) is 0 Å². The average Bonchev–Trinajstić information content (AvgIpc) is 2.97. The molecule has 1 N–H and O–H groups in total. The van der Waals surface area contributed by atoms with Gasteiger partial charge < -0.3 is 10.1 Å². The van der Waals surface area contributed by atoms with Gasteiger partial charge in [-0.25, -0.2) is 4.68 Å². The Morgan fingerprint density at radius 3 is 3.14 bits per heavy atom. The minimum Gasteiger partial charge on any atom is -0.486 e. The molecular weight excluding hydrogens is 284 g/mol. The smallest absolute Gasteiger partial charge is 0.133 e. The molecule has 112 valence electrons. The first-order valence-electron chi connectivity index (χ1n) is 7.27. The van der Waals surface area contributed by atoms with Crippen LogP contribution in [0.3, 0.4) is 0 Å². The van der Waals surface area contributed by atoms with Crippen LogP contribution in [0, 0.1) is 0 Å². The van der Waals surface area contributed by atoms with Crippen molar-refractivity contribution in [2.75, 3.05) is 12.8 Å². The highest BCUT2D eigenvalue weighted by Crippen LogP contribution is 2.38. The van der Waals surface area contributed by atoms with Gasteiger partial charge in [-0.1, -0.05) is 24.3 Å². The van der Waals surface area contributed by atoms with Crippen molar-refractivity contribution in [2.45, 2.75) is 36.9 Å². The van der Waals surface area contributed by atoms with Crippen LogP contribution in [0.4, 0.5) is 0 Å². The highest BCUT2D eigenvalue weighted by atomic mass is 32.2. The molecule has 6 heteroatoms. The SMILES string of the molecule is CCCn1nncc1C(NC)C1CSc2ccccc2O1. The van der Waals surface area contributed by atoms with Crippen molar-refractivity contribution in [3.05, 3.63) is 36.2 Å². The lowest BCUT2D eigenvalue weighted by Crippen LogP contribution is -2.38. The number of aryl methyl sites for hydroxylation is 1. The van der Waals surface area contributed by atoms with E-state index in [1.54, 1.807) is 0 Å². The first kappa shape index (κ1) is 14.4. The van der Waals surface area contributed by atoms with Crippen LogP contribution in [0.5, 0.6) is 5.75 Å². The van der Waals surface area contributed by atoms with Crippen molar-refractivity contribution >= 4 is 11.8 Å². The molecule has 0 amide bonds. The van der Waals surface area contributed by atoms with Crippen molar-refractivity contribution in [2.24, 2.45) is 0 Å². The predicted molar refractivity (Wildman–Crippen MR) is 83.7 cm³/mol. The zero-order chi connectivity index (χ0) is 14.7. The van der Waals surface area contributed by atoms with Crippen LogP contribution in [0.15, 0.2) is 35.4 Å². The van der Waals surface area contributed by atoms with Crippen LogP contribution in [-0.2, 0) is 6.54 Å². The number of aromatic nitrogens is 3. The summed E-state index contributed by atoms with van der Waals surface area (Å²) in [5.74, 6) is 1.88. The predicted octanol–water partition coefficient (Wildman–Crippen LogP) is 2.50. The summed E-state index contributed by atoms with van der Waals surface area (Å²) < 4.78 is 8.16. The van der Waals surface area contributed by atoms with E-state index in [1.165, 1.54) is 4.90 Å². The molecule has 1 aliphatic rings. The van der Waals surface area contributed by atoms with E-state index >= 15 is 0 Å². The lowest BCUT2D eigenvalue weighted by atomic mass is 10.1. The highest BCUT2D eigenvalue weighted by Gasteiger charge is 2.30. The maximum absolute atomic E-state index is 6.19. The Morgan fingerprint density at radius 1 is 1.48 bits per heavy atom. The van der Waals surface area contributed by atoms with Crippen LogP contribution >= 0.6 is 11.8 Å². The fourth-order valence-electron chi connectivity index (χ4n) is 2.62. The van der Waals surface area contributed by atoms with Gasteiger partial charge in [0.15, 0.2) is 0 Å². The molecule has 1 aromatic carbocycles. The van der Waals surface area contributed by atoms with Gasteiger partial charge in [0.05, 0.1) is 17.9 Å². The molecule has 0 aliphatic carbocycles. The number of hydrogen-bond donors (Lipinski definition) is 1. The summed E-state index contributed by atoms with van der Waals surface area (Å²) in [6.07, 6.45) is 2.95. The second-order valence-electron chi connectivity index (χ2n) is 5.06. The Kier molecular flexibility index (Phi) is 4.45. The van der Waals surface area contributed by atoms with E-state index in [2.05, 4.69) is 28.6 Å². The number of benzene rings is 1. The van der Waals surface area contributed by atoms with Gasteiger partial charge in [-0.05, 0) is 25.6 Å². The molecule has 0 spiro atoms. The molecular formula is C15H20N4OS. The van der Waals surface area contributed by atoms with E-state index in [4.69, 9.17) is 4.74 Å². The van der Waals surface area contributed by atoms with Crippen LogP contribution < -0.4 is 10.1 Å². The Morgan fingerprint density at radius 2 is 2.33 bits per heavy atom. The molecule has 0 bridgehead atoms. The average molecular weight is 304 g/mol. The summed E-state index contributed by atoms with van der Waals surface area (Å²) in [6, 6.07) is 8.29. The third-order valence-corrected chi connectivity index (χ3v) is 4.76. The number of fused-ring (bicyclic) bond motifs is 1. The minimum atomic E-state index is 0.0732. The molecule has 2 aromatic rings. The number of likely N-dealkylation sites (N-methyl/N-ethyl adjacent to an activating group) is 1. The van der Waals surface area contributed by atoms with Crippen molar-refractivity contribution in [1.82, 2.24) is 20.3 Å². The van der Waals surface area contributed by atoms with Gasteiger partial charge in [-0.2, -0.15) is 0 Å². The van der Waals surface area contributed by atoms with Crippen LogP contribution in [-0.4, -0.2) is 33.9 Å². The number of nitrogens with zero attached hydrogens (tertiary/aromatic N) is 3. The molecule has 0 saturated carbocycles. The van der Waals surface area contributed by atoms with Crippen molar-refractivity contribution in [1.29, 1.82) is 0 Å². The monoisotopic (exact) mass is 304 g/mol. The van der Waals surface area contributed by atoms with E-state index in [9.17, 15) is 0 Å². The molecule has 2 atom stereocenters. The van der Waals surface area contributed by atoms with E-state index in [0.717, 1.165) is 30.2 Å². The van der Waals surface area contributed by atoms with Crippen molar-refractivity contribution in [3.8, 4) is 5.75 Å². The number of ether oxygens (including phenoxy) is 1. The topological polar surface area (TPSA) is 52.0 Å². The van der Waals surface area contributed by atoms with Gasteiger partial charge in [0.25, 0.3) is 0 Å². The summed E-state index contributed by atoms with van der Waals surface area (Å²) >= 11 is 1.84. The number of nitrogens with one attached hydrogen (secondary N) is 1. The number of hydrogen-bond acceptors (Lipinski definition) is 5. The van der Waals surface area contributed by atoms with Gasteiger partial charge in [0, 0.05) is 17.2 Å². The van der Waals surface area contributed by atoms with Crippen LogP contribution in [0.25, 0.3) is 0 Å². The number of para-hydroxylation sites is 1. The van der Waals surface area contributed by atoms with Gasteiger partial charge in [-0.3, -0.25) is 0 Å². The summed E-state index contributed by atoms with van der Waals surface area (Å²) in [4.78, 5) is 1.21. The van der Waals surface area contributed by atoms with E-state index in [0.29, 0.717) is 0 Å². The maximum Gasteiger partial charge on any atom is 0.133 e. The van der Waals surface area contributed by atoms with Gasteiger partial charge in [-0.15, -0.1) is 16.9 Å². The molecule has 2 heterocycles. The lowest BCUT2D eigenvalue weighted by Gasteiger charge is -2.31. The Bertz CT molecular complexity index is 601. The second kappa shape index (κ2) is 6.49. The third-order valence-electron chi connectivity index (χ3n) is 3.62. The molecule has 1 aromatic heterocycles. The Balaban J connectivity index is 1.83. The molecule has 2 unspecified atom stereocenters. The standard InChI is InChI=1S/C15H20N4OS/c1-3-8-19-11(9-17-18-19)15(16-2)13-10-21-14-7-5-4-6-12(14)20-13/h4-7,9,13,15-16H,3,8,10H2,1-2H3. The molecule has 0 fully saturated rings. The summed E-state index contributed by atoms with van der Waals surface area (Å²) in [6.45, 7) is 3.02. The summed E-state index contributed by atoms with van der Waals surface area (Å²) in [5, 5.41) is 11.6. The molecule has 21 heavy (non-hydrogen) atoms. The second-order valence-corrected chi connectivity index (χ2v) is 6.12. The van der Waals surface area contributed by atoms with Crippen molar-refractivity contribution < 1.29 is 4.74 Å². The highest BCUT2D eigenvalue weighted by molar-refractivity contribution is 7.99. The van der Waals surface area contributed by atoms with Gasteiger partial charge >= 0.3 is 0 Å². The zero-order valence-electron chi connectivity index (χ0n) is 12.3. The van der Waals surface area contributed by atoms with Crippen molar-refractivity contribution in [3.63, 3.8) is 0 Å². The Labute approximate surface area is 129 Å². The largest absolute Gasteiger partial charge is 0.486 e. The minimum absolute atomic E-state index is 0.0732. The molecule has 1 aliphatic heterocycles. The third kappa shape index (κ3) is 2.91. The van der Waals surface area contributed by atoms with Crippen LogP contribution in [0.2, 0.25) is 0 Å². The van der Waals surface area contributed by atoms with Gasteiger partial charge in [0.1, 0.15) is 11.9 Å². The normalized spacial score (nSPS) is 18.9. The molecule has 0 radical (unpaired) electrons. The fourth-order valence-corrected chi connectivity index (χ4v) is 3.65. The van der Waals surface area contributed by atoms with E-state index in [1.807, 2.05) is 47.9 Å². The quantitative estimate of drug-likeness (QED) is 0.920. The zero-order valence-corrected chi connectivity index (χ0v) is 13.1. The summed E-state index contributed by atoms with van der Waals surface area (Å²) in [5.41, 5.74) is 1.09. The molecule has 3 rings (SSSR count). The first-order chi connectivity index (χ1) is 10.3.